The molecular formula is C18H15N3. The molecule has 0 aliphatic rings. The molecule has 3 N–H and O–H groups in total. The summed E-state index contributed by atoms with van der Waals surface area (Å²) in [5.74, 6) is 0.818. The Labute approximate surface area is 122 Å². The van der Waals surface area contributed by atoms with Crippen LogP contribution in [0.1, 0.15) is 5.56 Å². The van der Waals surface area contributed by atoms with Gasteiger partial charge in [0, 0.05) is 11.3 Å². The van der Waals surface area contributed by atoms with Gasteiger partial charge in [0.25, 0.3) is 0 Å². The second-order valence-electron chi connectivity index (χ2n) is 5.39. The maximum atomic E-state index is 6.21. The van der Waals surface area contributed by atoms with Crippen LogP contribution in [-0.4, -0.2) is 9.97 Å². The Morgan fingerprint density at radius 2 is 1.71 bits per heavy atom. The first-order chi connectivity index (χ1) is 10.2. The van der Waals surface area contributed by atoms with Crippen LogP contribution in [0.2, 0.25) is 0 Å². The van der Waals surface area contributed by atoms with Crippen molar-refractivity contribution in [3.05, 3.63) is 60.2 Å². The van der Waals surface area contributed by atoms with Crippen molar-refractivity contribution in [1.29, 1.82) is 0 Å². The Balaban J connectivity index is 1.96. The highest BCUT2D eigenvalue weighted by Gasteiger charge is 2.09. The molecule has 0 spiro atoms. The normalized spacial score (nSPS) is 11.3. The van der Waals surface area contributed by atoms with E-state index in [1.807, 2.05) is 24.3 Å². The van der Waals surface area contributed by atoms with Crippen molar-refractivity contribution in [2.24, 2.45) is 0 Å². The average Bonchev–Trinajstić information content (AvgIpc) is 2.89. The van der Waals surface area contributed by atoms with Crippen molar-refractivity contribution < 1.29 is 0 Å². The summed E-state index contributed by atoms with van der Waals surface area (Å²) in [5.41, 5.74) is 11.1. The Morgan fingerprint density at radius 1 is 0.952 bits per heavy atom. The molecule has 4 rings (SSSR count). The lowest BCUT2D eigenvalue weighted by Gasteiger charge is -2.05. The predicted molar refractivity (Wildman–Crippen MR) is 88.2 cm³/mol. The van der Waals surface area contributed by atoms with E-state index in [1.165, 1.54) is 10.9 Å². The van der Waals surface area contributed by atoms with E-state index in [4.69, 9.17) is 5.73 Å². The second kappa shape index (κ2) is 4.35. The monoisotopic (exact) mass is 273 g/mol. The van der Waals surface area contributed by atoms with Crippen LogP contribution in [0, 0.1) is 6.92 Å². The zero-order valence-corrected chi connectivity index (χ0v) is 11.7. The first-order valence-corrected chi connectivity index (χ1v) is 6.96. The van der Waals surface area contributed by atoms with Crippen molar-refractivity contribution in [3.8, 4) is 11.4 Å². The number of nitrogens with two attached hydrogens (primary N) is 1. The number of H-pyrrole nitrogens is 1. The number of nitrogens with one attached hydrogen (secondary N) is 1. The lowest BCUT2D eigenvalue weighted by atomic mass is 10.0. The number of benzene rings is 3. The molecule has 0 amide bonds. The summed E-state index contributed by atoms with van der Waals surface area (Å²) < 4.78 is 0. The van der Waals surface area contributed by atoms with Crippen LogP contribution in [0.15, 0.2) is 54.6 Å². The Kier molecular flexibility index (Phi) is 2.48. The summed E-state index contributed by atoms with van der Waals surface area (Å²) in [4.78, 5) is 8.02. The number of anilines is 1. The van der Waals surface area contributed by atoms with Gasteiger partial charge in [0.15, 0.2) is 0 Å². The molecule has 0 fully saturated rings. The fourth-order valence-electron chi connectivity index (χ4n) is 2.71. The van der Waals surface area contributed by atoms with Gasteiger partial charge in [-0.25, -0.2) is 4.98 Å². The summed E-state index contributed by atoms with van der Waals surface area (Å²) in [7, 11) is 0. The maximum absolute atomic E-state index is 6.21. The second-order valence-corrected chi connectivity index (χ2v) is 5.39. The van der Waals surface area contributed by atoms with E-state index in [9.17, 15) is 0 Å². The van der Waals surface area contributed by atoms with Crippen LogP contribution < -0.4 is 5.73 Å². The van der Waals surface area contributed by atoms with Gasteiger partial charge in [-0.3, -0.25) is 0 Å². The lowest BCUT2D eigenvalue weighted by Crippen LogP contribution is -1.91. The summed E-state index contributed by atoms with van der Waals surface area (Å²) in [6, 6.07) is 18.5. The average molecular weight is 273 g/mol. The third kappa shape index (κ3) is 1.94. The molecular weight excluding hydrogens is 258 g/mol. The topological polar surface area (TPSA) is 54.7 Å². The van der Waals surface area contributed by atoms with E-state index in [-0.39, 0.29) is 0 Å². The van der Waals surface area contributed by atoms with Crippen LogP contribution in [0.25, 0.3) is 33.2 Å². The number of aromatic nitrogens is 2. The van der Waals surface area contributed by atoms with Gasteiger partial charge in [-0.05, 0) is 47.5 Å². The Bertz CT molecular complexity index is 967. The number of aryl methyl sites for hydroxylation is 1. The number of rotatable bonds is 1. The van der Waals surface area contributed by atoms with Gasteiger partial charge in [-0.15, -0.1) is 0 Å². The fraction of sp³-hybridized carbons (Fsp3) is 0.0556. The molecule has 21 heavy (non-hydrogen) atoms. The minimum atomic E-state index is 0.740. The molecule has 0 unspecified atom stereocenters. The molecule has 0 bridgehead atoms. The fourth-order valence-corrected chi connectivity index (χ4v) is 2.71. The van der Waals surface area contributed by atoms with E-state index in [1.54, 1.807) is 0 Å². The summed E-state index contributed by atoms with van der Waals surface area (Å²) in [6.07, 6.45) is 0. The number of nitrogens with zero attached hydrogens (tertiary/aromatic N) is 1. The smallest absolute Gasteiger partial charge is 0.140 e. The van der Waals surface area contributed by atoms with Crippen molar-refractivity contribution in [3.63, 3.8) is 0 Å². The first kappa shape index (κ1) is 12.0. The van der Waals surface area contributed by atoms with E-state index in [2.05, 4.69) is 47.2 Å². The van der Waals surface area contributed by atoms with Gasteiger partial charge < -0.3 is 10.7 Å². The first-order valence-electron chi connectivity index (χ1n) is 6.96. The molecule has 0 saturated carbocycles. The third-order valence-corrected chi connectivity index (χ3v) is 3.81. The van der Waals surface area contributed by atoms with E-state index in [0.29, 0.717) is 0 Å². The van der Waals surface area contributed by atoms with Crippen LogP contribution in [0.3, 0.4) is 0 Å². The zero-order valence-electron chi connectivity index (χ0n) is 11.7. The highest BCUT2D eigenvalue weighted by molar-refractivity contribution is 5.93. The highest BCUT2D eigenvalue weighted by atomic mass is 14.9. The molecule has 1 heterocycles. The number of aromatic amines is 1. The molecule has 0 saturated heterocycles. The van der Waals surface area contributed by atoms with E-state index in [0.717, 1.165) is 33.5 Å². The number of imidazole rings is 1. The highest BCUT2D eigenvalue weighted by Crippen LogP contribution is 2.30. The number of hydrogen-bond acceptors (Lipinski definition) is 2. The number of fused-ring (bicyclic) bond motifs is 2. The molecule has 3 nitrogen and oxygen atoms in total. The van der Waals surface area contributed by atoms with Gasteiger partial charge in [0.1, 0.15) is 5.82 Å². The Hall–Kier alpha value is -2.81. The number of nitrogen functional groups attached to an aromatic ring is 1. The van der Waals surface area contributed by atoms with Crippen molar-refractivity contribution in [2.75, 3.05) is 5.73 Å². The molecule has 102 valence electrons. The molecule has 0 radical (unpaired) electrons. The molecule has 1 aromatic heterocycles. The standard InChI is InChI=1S/C18H15N3/c1-11-6-7-16-17(8-11)21-18(20-16)14-9-12-4-2-3-5-13(12)10-15(14)19/h2-10H,19H2,1H3,(H,20,21). The van der Waals surface area contributed by atoms with Gasteiger partial charge in [-0.2, -0.15) is 0 Å². The zero-order chi connectivity index (χ0) is 14.4. The van der Waals surface area contributed by atoms with Crippen LogP contribution in [0.4, 0.5) is 5.69 Å². The van der Waals surface area contributed by atoms with E-state index < -0.39 is 0 Å². The molecule has 0 aliphatic heterocycles. The van der Waals surface area contributed by atoms with Gasteiger partial charge in [0.05, 0.1) is 11.0 Å². The van der Waals surface area contributed by atoms with Crippen LogP contribution >= 0.6 is 0 Å². The van der Waals surface area contributed by atoms with Crippen LogP contribution in [-0.2, 0) is 0 Å². The molecule has 0 atom stereocenters. The van der Waals surface area contributed by atoms with E-state index >= 15 is 0 Å². The minimum absolute atomic E-state index is 0.740. The lowest BCUT2D eigenvalue weighted by molar-refractivity contribution is 1.34. The predicted octanol–water partition coefficient (Wildman–Crippen LogP) is 4.27. The molecule has 4 aromatic rings. The van der Waals surface area contributed by atoms with Gasteiger partial charge >= 0.3 is 0 Å². The summed E-state index contributed by atoms with van der Waals surface area (Å²) in [5, 5.41) is 2.31. The molecule has 0 aliphatic carbocycles. The number of hydrogen-bond donors (Lipinski definition) is 2. The molecule has 3 heteroatoms. The third-order valence-electron chi connectivity index (χ3n) is 3.81. The summed E-state index contributed by atoms with van der Waals surface area (Å²) >= 11 is 0. The van der Waals surface area contributed by atoms with Crippen molar-refractivity contribution >= 4 is 27.5 Å². The minimum Gasteiger partial charge on any atom is -0.398 e. The van der Waals surface area contributed by atoms with Crippen molar-refractivity contribution in [2.45, 2.75) is 6.92 Å². The van der Waals surface area contributed by atoms with Gasteiger partial charge in [0.2, 0.25) is 0 Å². The van der Waals surface area contributed by atoms with Gasteiger partial charge in [-0.1, -0.05) is 30.3 Å². The SMILES string of the molecule is Cc1ccc2nc(-c3cc4ccccc4cc3N)[nH]c2c1. The summed E-state index contributed by atoms with van der Waals surface area (Å²) in [6.45, 7) is 2.07. The maximum Gasteiger partial charge on any atom is 0.140 e. The molecule has 3 aromatic carbocycles. The van der Waals surface area contributed by atoms with Crippen molar-refractivity contribution in [1.82, 2.24) is 9.97 Å². The van der Waals surface area contributed by atoms with Crippen LogP contribution in [0.5, 0.6) is 0 Å². The Morgan fingerprint density at radius 3 is 2.52 bits per heavy atom. The quantitative estimate of drug-likeness (QED) is 0.509. The largest absolute Gasteiger partial charge is 0.398 e.